The molecule has 3 N–H and O–H groups in total. The largest absolute Gasteiger partial charge is 0.497 e. The van der Waals surface area contributed by atoms with Crippen molar-refractivity contribution in [2.24, 2.45) is 5.84 Å². The second kappa shape index (κ2) is 6.53. The van der Waals surface area contributed by atoms with Gasteiger partial charge in [0.25, 0.3) is 0 Å². The number of nitro benzene ring substituents is 1. The highest BCUT2D eigenvalue weighted by Gasteiger charge is 2.16. The van der Waals surface area contributed by atoms with Crippen molar-refractivity contribution in [3.8, 4) is 11.5 Å². The summed E-state index contributed by atoms with van der Waals surface area (Å²) in [6.07, 6.45) is 1.57. The standard InChI is InChI=1S/C13H14N4O4/c1-20-10-3-4-11(17(18)19)12(6-10)21-8-9-2-5-13(16-14)15-7-9/h2-7H,8,14H2,1H3,(H,15,16). The molecule has 8 heteroatoms. The normalized spacial score (nSPS) is 10.0. The topological polar surface area (TPSA) is 113 Å². The van der Waals surface area contributed by atoms with Crippen LogP contribution in [0.15, 0.2) is 36.5 Å². The molecule has 2 rings (SSSR count). The maximum atomic E-state index is 11.0. The van der Waals surface area contributed by atoms with Crippen LogP contribution in [0.3, 0.4) is 0 Å². The third-order valence-electron chi connectivity index (χ3n) is 2.73. The second-order valence-electron chi connectivity index (χ2n) is 4.08. The molecule has 0 spiro atoms. The molecule has 0 saturated carbocycles. The van der Waals surface area contributed by atoms with E-state index >= 15 is 0 Å². The van der Waals surface area contributed by atoms with Crippen LogP contribution in [0.1, 0.15) is 5.56 Å². The van der Waals surface area contributed by atoms with Crippen molar-refractivity contribution in [3.05, 3.63) is 52.2 Å². The lowest BCUT2D eigenvalue weighted by Crippen LogP contribution is -2.08. The minimum atomic E-state index is -0.505. The Hall–Kier alpha value is -2.87. The first-order valence-electron chi connectivity index (χ1n) is 6.01. The Kier molecular flexibility index (Phi) is 4.52. The molecular weight excluding hydrogens is 276 g/mol. The van der Waals surface area contributed by atoms with Gasteiger partial charge in [-0.3, -0.25) is 10.1 Å². The number of hydrazine groups is 1. The van der Waals surface area contributed by atoms with E-state index in [4.69, 9.17) is 15.3 Å². The molecule has 0 aliphatic rings. The first-order valence-corrected chi connectivity index (χ1v) is 6.01. The van der Waals surface area contributed by atoms with E-state index in [-0.39, 0.29) is 18.0 Å². The van der Waals surface area contributed by atoms with Gasteiger partial charge in [-0.1, -0.05) is 6.07 Å². The summed E-state index contributed by atoms with van der Waals surface area (Å²) in [6, 6.07) is 7.76. The van der Waals surface area contributed by atoms with Crippen LogP contribution in [0, 0.1) is 10.1 Å². The van der Waals surface area contributed by atoms with E-state index in [1.54, 1.807) is 18.3 Å². The van der Waals surface area contributed by atoms with Gasteiger partial charge in [0.15, 0.2) is 0 Å². The zero-order valence-electron chi connectivity index (χ0n) is 11.3. The monoisotopic (exact) mass is 290 g/mol. The molecule has 0 amide bonds. The lowest BCUT2D eigenvalue weighted by Gasteiger charge is -2.08. The average molecular weight is 290 g/mol. The summed E-state index contributed by atoms with van der Waals surface area (Å²) in [4.78, 5) is 14.5. The fourth-order valence-electron chi connectivity index (χ4n) is 1.64. The average Bonchev–Trinajstić information content (AvgIpc) is 2.52. The van der Waals surface area contributed by atoms with Crippen LogP contribution >= 0.6 is 0 Å². The Balaban J connectivity index is 2.15. The van der Waals surface area contributed by atoms with Crippen molar-refractivity contribution in [1.82, 2.24) is 4.98 Å². The number of methoxy groups -OCH3 is 1. The van der Waals surface area contributed by atoms with Gasteiger partial charge in [-0.05, 0) is 12.1 Å². The molecule has 21 heavy (non-hydrogen) atoms. The number of nitrogens with two attached hydrogens (primary N) is 1. The van der Waals surface area contributed by atoms with Gasteiger partial charge in [0, 0.05) is 23.9 Å². The van der Waals surface area contributed by atoms with Gasteiger partial charge in [-0.15, -0.1) is 0 Å². The molecule has 0 atom stereocenters. The van der Waals surface area contributed by atoms with Crippen LogP contribution in [-0.4, -0.2) is 17.0 Å². The number of nitrogens with zero attached hydrogens (tertiary/aromatic N) is 2. The first kappa shape index (κ1) is 14.5. The quantitative estimate of drug-likeness (QED) is 0.474. The Morgan fingerprint density at radius 1 is 1.38 bits per heavy atom. The second-order valence-corrected chi connectivity index (χ2v) is 4.08. The SMILES string of the molecule is COc1ccc([N+](=O)[O-])c(OCc2ccc(NN)nc2)c1. The van der Waals surface area contributed by atoms with E-state index in [2.05, 4.69) is 10.4 Å². The summed E-state index contributed by atoms with van der Waals surface area (Å²) in [6.45, 7) is 0.145. The van der Waals surface area contributed by atoms with E-state index in [1.165, 1.54) is 25.3 Å². The summed E-state index contributed by atoms with van der Waals surface area (Å²) < 4.78 is 10.5. The smallest absolute Gasteiger partial charge is 0.311 e. The van der Waals surface area contributed by atoms with Gasteiger partial charge in [-0.25, -0.2) is 10.8 Å². The molecule has 8 nitrogen and oxygen atoms in total. The van der Waals surface area contributed by atoms with E-state index in [1.807, 2.05) is 0 Å². The Morgan fingerprint density at radius 2 is 2.19 bits per heavy atom. The number of benzene rings is 1. The minimum absolute atomic E-state index is 0.121. The number of anilines is 1. The van der Waals surface area contributed by atoms with Gasteiger partial charge in [-0.2, -0.15) is 0 Å². The fraction of sp³-hybridized carbons (Fsp3) is 0.154. The minimum Gasteiger partial charge on any atom is -0.497 e. The van der Waals surface area contributed by atoms with Crippen molar-refractivity contribution in [1.29, 1.82) is 0 Å². The molecule has 0 radical (unpaired) electrons. The number of pyridine rings is 1. The van der Waals surface area contributed by atoms with Crippen molar-refractivity contribution in [3.63, 3.8) is 0 Å². The molecule has 0 aliphatic heterocycles. The molecule has 1 aromatic heterocycles. The van der Waals surface area contributed by atoms with Crippen molar-refractivity contribution < 1.29 is 14.4 Å². The van der Waals surface area contributed by atoms with Gasteiger partial charge >= 0.3 is 5.69 Å². The van der Waals surface area contributed by atoms with Gasteiger partial charge < -0.3 is 14.9 Å². The molecule has 0 fully saturated rings. The predicted octanol–water partition coefficient (Wildman–Crippen LogP) is 1.86. The lowest BCUT2D eigenvalue weighted by atomic mass is 10.2. The predicted molar refractivity (Wildman–Crippen MR) is 76.0 cm³/mol. The van der Waals surface area contributed by atoms with Crippen LogP contribution in [0.5, 0.6) is 11.5 Å². The van der Waals surface area contributed by atoms with Crippen molar-refractivity contribution >= 4 is 11.5 Å². The van der Waals surface area contributed by atoms with Gasteiger partial charge in [0.1, 0.15) is 18.2 Å². The maximum Gasteiger partial charge on any atom is 0.311 e. The number of nitrogen functional groups attached to an aromatic ring is 1. The van der Waals surface area contributed by atoms with Crippen LogP contribution < -0.4 is 20.7 Å². The summed E-state index contributed by atoms with van der Waals surface area (Å²) >= 11 is 0. The van der Waals surface area contributed by atoms with Crippen molar-refractivity contribution in [2.45, 2.75) is 6.61 Å². The molecule has 0 bridgehead atoms. The molecule has 0 unspecified atom stereocenters. The Morgan fingerprint density at radius 3 is 2.76 bits per heavy atom. The van der Waals surface area contributed by atoms with E-state index in [0.29, 0.717) is 11.6 Å². The molecule has 1 aromatic carbocycles. The maximum absolute atomic E-state index is 11.0. The molecule has 0 saturated heterocycles. The Labute approximate surface area is 120 Å². The summed E-state index contributed by atoms with van der Waals surface area (Å²) in [5.41, 5.74) is 3.04. The van der Waals surface area contributed by atoms with E-state index in [0.717, 1.165) is 5.56 Å². The summed E-state index contributed by atoms with van der Waals surface area (Å²) in [5, 5.41) is 11.0. The summed E-state index contributed by atoms with van der Waals surface area (Å²) in [7, 11) is 1.48. The molecule has 2 aromatic rings. The fourth-order valence-corrected chi connectivity index (χ4v) is 1.64. The van der Waals surface area contributed by atoms with Crippen LogP contribution in [0.25, 0.3) is 0 Å². The number of aromatic nitrogens is 1. The third-order valence-corrected chi connectivity index (χ3v) is 2.73. The zero-order chi connectivity index (χ0) is 15.2. The summed E-state index contributed by atoms with van der Waals surface area (Å²) in [5.74, 6) is 6.36. The number of rotatable bonds is 6. The van der Waals surface area contributed by atoms with Gasteiger partial charge in [0.2, 0.25) is 5.75 Å². The molecule has 0 aliphatic carbocycles. The number of hydrogen-bond acceptors (Lipinski definition) is 7. The van der Waals surface area contributed by atoms with Crippen molar-refractivity contribution in [2.75, 3.05) is 12.5 Å². The van der Waals surface area contributed by atoms with Crippen LogP contribution in [-0.2, 0) is 6.61 Å². The number of ether oxygens (including phenoxy) is 2. The highest BCUT2D eigenvalue weighted by Crippen LogP contribution is 2.31. The van der Waals surface area contributed by atoms with E-state index < -0.39 is 4.92 Å². The van der Waals surface area contributed by atoms with Crippen LogP contribution in [0.2, 0.25) is 0 Å². The van der Waals surface area contributed by atoms with Crippen LogP contribution in [0.4, 0.5) is 11.5 Å². The number of hydrogen-bond donors (Lipinski definition) is 2. The Bertz CT molecular complexity index is 631. The first-order chi connectivity index (χ1) is 10.1. The molecule has 1 heterocycles. The molecule has 110 valence electrons. The highest BCUT2D eigenvalue weighted by atomic mass is 16.6. The zero-order valence-corrected chi connectivity index (χ0v) is 11.3. The van der Waals surface area contributed by atoms with E-state index in [9.17, 15) is 10.1 Å². The lowest BCUT2D eigenvalue weighted by molar-refractivity contribution is -0.386. The third kappa shape index (κ3) is 3.57. The molecular formula is C13H14N4O4. The van der Waals surface area contributed by atoms with Gasteiger partial charge in [0.05, 0.1) is 12.0 Å². The number of nitrogens with one attached hydrogen (secondary N) is 1. The number of nitro groups is 1. The highest BCUT2D eigenvalue weighted by molar-refractivity contribution is 5.50.